The largest absolute Gasteiger partial charge is 0.341 e. The van der Waals surface area contributed by atoms with Gasteiger partial charge in [-0.05, 0) is 31.4 Å². The molecule has 0 aliphatic rings. The Hall–Kier alpha value is -1.28. The fourth-order valence-corrected chi connectivity index (χ4v) is 2.29. The summed E-state index contributed by atoms with van der Waals surface area (Å²) < 4.78 is 2.42. The first-order valence-corrected chi connectivity index (χ1v) is 6.42. The second-order valence-corrected chi connectivity index (χ2v) is 5.19. The molecule has 17 heavy (non-hydrogen) atoms. The van der Waals surface area contributed by atoms with Gasteiger partial charge in [0.1, 0.15) is 0 Å². The maximum atomic E-state index is 3.50. The average Bonchev–Trinajstić information content (AvgIpc) is 2.64. The lowest BCUT2D eigenvalue weighted by Gasteiger charge is -2.16. The summed E-state index contributed by atoms with van der Waals surface area (Å²) in [5, 5.41) is 4.83. The molecular formula is C15H22N2. The molecule has 0 spiro atoms. The van der Waals surface area contributed by atoms with Crippen molar-refractivity contribution in [1.82, 2.24) is 9.88 Å². The molecule has 2 aromatic rings. The molecule has 1 heterocycles. The van der Waals surface area contributed by atoms with Gasteiger partial charge in [0.25, 0.3) is 0 Å². The highest BCUT2D eigenvalue weighted by Crippen LogP contribution is 2.23. The Morgan fingerprint density at radius 3 is 2.47 bits per heavy atom. The molecule has 0 aliphatic heterocycles. The molecule has 1 aromatic carbocycles. The van der Waals surface area contributed by atoms with Crippen LogP contribution >= 0.6 is 0 Å². The third kappa shape index (κ3) is 2.52. The Labute approximate surface area is 104 Å². The van der Waals surface area contributed by atoms with E-state index >= 15 is 0 Å². The number of nitrogens with one attached hydrogen (secondary N) is 1. The highest BCUT2D eigenvalue weighted by atomic mass is 15.0. The molecule has 2 rings (SSSR count). The van der Waals surface area contributed by atoms with Gasteiger partial charge in [-0.15, -0.1) is 0 Å². The van der Waals surface area contributed by atoms with Crippen LogP contribution in [0.2, 0.25) is 0 Å². The molecule has 0 radical (unpaired) electrons. The van der Waals surface area contributed by atoms with Crippen molar-refractivity contribution < 1.29 is 0 Å². The molecule has 2 nitrogen and oxygen atoms in total. The van der Waals surface area contributed by atoms with Gasteiger partial charge in [-0.2, -0.15) is 0 Å². The van der Waals surface area contributed by atoms with E-state index < -0.39 is 0 Å². The second kappa shape index (κ2) is 4.92. The van der Waals surface area contributed by atoms with E-state index in [2.05, 4.69) is 67.9 Å². The smallest absolute Gasteiger partial charge is 0.0485 e. The summed E-state index contributed by atoms with van der Waals surface area (Å²) in [6.45, 7) is 9.78. The van der Waals surface area contributed by atoms with Crippen molar-refractivity contribution in [2.45, 2.75) is 46.3 Å². The standard InChI is InChI=1S/C15H22N2/c1-11(2)16-10-14-9-13-7-5-6-8-15(13)17(14)12(3)4/h5-9,11-12,16H,10H2,1-4H3. The molecule has 0 atom stereocenters. The SMILES string of the molecule is CC(C)NCc1cc2ccccc2n1C(C)C. The van der Waals surface area contributed by atoms with E-state index in [1.807, 2.05) is 0 Å². The van der Waals surface area contributed by atoms with Crippen LogP contribution < -0.4 is 5.32 Å². The number of nitrogens with zero attached hydrogens (tertiary/aromatic N) is 1. The molecule has 92 valence electrons. The highest BCUT2D eigenvalue weighted by molar-refractivity contribution is 5.81. The summed E-state index contributed by atoms with van der Waals surface area (Å²) >= 11 is 0. The normalized spacial score (nSPS) is 11.9. The molecule has 0 bridgehead atoms. The van der Waals surface area contributed by atoms with Gasteiger partial charge in [-0.3, -0.25) is 0 Å². The third-order valence-corrected chi connectivity index (χ3v) is 3.04. The van der Waals surface area contributed by atoms with Crippen LogP contribution in [-0.4, -0.2) is 10.6 Å². The second-order valence-electron chi connectivity index (χ2n) is 5.19. The zero-order valence-corrected chi connectivity index (χ0v) is 11.2. The van der Waals surface area contributed by atoms with Crippen molar-refractivity contribution in [3.8, 4) is 0 Å². The van der Waals surface area contributed by atoms with Crippen molar-refractivity contribution in [2.75, 3.05) is 0 Å². The number of fused-ring (bicyclic) bond motifs is 1. The maximum Gasteiger partial charge on any atom is 0.0485 e. The molecule has 0 saturated heterocycles. The molecule has 0 fully saturated rings. The highest BCUT2D eigenvalue weighted by Gasteiger charge is 2.10. The van der Waals surface area contributed by atoms with Crippen LogP contribution in [0.5, 0.6) is 0 Å². The van der Waals surface area contributed by atoms with E-state index in [0.717, 1.165) is 6.54 Å². The first kappa shape index (κ1) is 12.2. The Morgan fingerprint density at radius 1 is 1.12 bits per heavy atom. The third-order valence-electron chi connectivity index (χ3n) is 3.04. The molecule has 0 amide bonds. The van der Waals surface area contributed by atoms with Crippen molar-refractivity contribution in [3.63, 3.8) is 0 Å². The van der Waals surface area contributed by atoms with Crippen LogP contribution in [0.25, 0.3) is 10.9 Å². The zero-order chi connectivity index (χ0) is 12.4. The molecule has 0 aliphatic carbocycles. The number of rotatable bonds is 4. The van der Waals surface area contributed by atoms with Crippen LogP contribution in [-0.2, 0) is 6.54 Å². The van der Waals surface area contributed by atoms with Crippen LogP contribution in [0, 0.1) is 0 Å². The number of hydrogen-bond acceptors (Lipinski definition) is 1. The first-order valence-electron chi connectivity index (χ1n) is 6.42. The van der Waals surface area contributed by atoms with Gasteiger partial charge in [0.15, 0.2) is 0 Å². The van der Waals surface area contributed by atoms with E-state index in [1.165, 1.54) is 16.6 Å². The minimum absolute atomic E-state index is 0.499. The topological polar surface area (TPSA) is 17.0 Å². The molecule has 1 N–H and O–H groups in total. The van der Waals surface area contributed by atoms with Gasteiger partial charge in [-0.25, -0.2) is 0 Å². The average molecular weight is 230 g/mol. The number of benzene rings is 1. The fraction of sp³-hybridized carbons (Fsp3) is 0.467. The van der Waals surface area contributed by atoms with Gasteiger partial charge in [-0.1, -0.05) is 32.0 Å². The summed E-state index contributed by atoms with van der Waals surface area (Å²) in [6.07, 6.45) is 0. The lowest BCUT2D eigenvalue weighted by Crippen LogP contribution is -2.23. The predicted molar refractivity (Wildman–Crippen MR) is 74.3 cm³/mol. The van der Waals surface area contributed by atoms with Gasteiger partial charge >= 0.3 is 0 Å². The Kier molecular flexibility index (Phi) is 3.53. The van der Waals surface area contributed by atoms with Gasteiger partial charge in [0, 0.05) is 29.8 Å². The number of para-hydroxylation sites is 1. The summed E-state index contributed by atoms with van der Waals surface area (Å²) in [5.41, 5.74) is 2.71. The van der Waals surface area contributed by atoms with E-state index in [0.29, 0.717) is 12.1 Å². The summed E-state index contributed by atoms with van der Waals surface area (Å²) in [5.74, 6) is 0. The molecular weight excluding hydrogens is 208 g/mol. The Bertz CT molecular complexity index is 495. The first-order chi connectivity index (χ1) is 8.09. The maximum absolute atomic E-state index is 3.50. The lowest BCUT2D eigenvalue weighted by molar-refractivity contribution is 0.534. The van der Waals surface area contributed by atoms with E-state index in [1.54, 1.807) is 0 Å². The van der Waals surface area contributed by atoms with Crippen LogP contribution in [0.1, 0.15) is 39.4 Å². The molecule has 0 saturated carbocycles. The van der Waals surface area contributed by atoms with Crippen LogP contribution in [0.3, 0.4) is 0 Å². The minimum atomic E-state index is 0.499. The number of aromatic nitrogens is 1. The van der Waals surface area contributed by atoms with Gasteiger partial charge in [0.2, 0.25) is 0 Å². The summed E-state index contributed by atoms with van der Waals surface area (Å²) in [6, 6.07) is 11.9. The molecule has 0 unspecified atom stereocenters. The Morgan fingerprint density at radius 2 is 1.82 bits per heavy atom. The van der Waals surface area contributed by atoms with Crippen molar-refractivity contribution in [3.05, 3.63) is 36.0 Å². The van der Waals surface area contributed by atoms with Crippen molar-refractivity contribution in [1.29, 1.82) is 0 Å². The summed E-state index contributed by atoms with van der Waals surface area (Å²) in [7, 11) is 0. The number of hydrogen-bond donors (Lipinski definition) is 1. The van der Waals surface area contributed by atoms with E-state index in [-0.39, 0.29) is 0 Å². The lowest BCUT2D eigenvalue weighted by atomic mass is 10.2. The van der Waals surface area contributed by atoms with Crippen LogP contribution in [0.4, 0.5) is 0 Å². The van der Waals surface area contributed by atoms with E-state index in [9.17, 15) is 0 Å². The summed E-state index contributed by atoms with van der Waals surface area (Å²) in [4.78, 5) is 0. The monoisotopic (exact) mass is 230 g/mol. The fourth-order valence-electron chi connectivity index (χ4n) is 2.29. The van der Waals surface area contributed by atoms with Crippen molar-refractivity contribution >= 4 is 10.9 Å². The predicted octanol–water partition coefficient (Wildman–Crippen LogP) is 3.72. The van der Waals surface area contributed by atoms with Crippen molar-refractivity contribution in [2.24, 2.45) is 0 Å². The van der Waals surface area contributed by atoms with Gasteiger partial charge < -0.3 is 9.88 Å². The molecule has 1 aromatic heterocycles. The van der Waals surface area contributed by atoms with Crippen LogP contribution in [0.15, 0.2) is 30.3 Å². The quantitative estimate of drug-likeness (QED) is 0.847. The molecule has 2 heteroatoms. The van der Waals surface area contributed by atoms with Gasteiger partial charge in [0.05, 0.1) is 0 Å². The minimum Gasteiger partial charge on any atom is -0.341 e. The Balaban J connectivity index is 2.43. The zero-order valence-electron chi connectivity index (χ0n) is 11.2. The van der Waals surface area contributed by atoms with E-state index in [4.69, 9.17) is 0 Å².